The van der Waals surface area contributed by atoms with Gasteiger partial charge in [-0.2, -0.15) is 4.98 Å². The summed E-state index contributed by atoms with van der Waals surface area (Å²) in [5.74, 6) is 0.399. The molecule has 0 spiro atoms. The Kier molecular flexibility index (Phi) is 5.50. The molecule has 1 N–H and O–H groups in total. The van der Waals surface area contributed by atoms with Crippen LogP contribution < -0.4 is 5.32 Å². The number of nitrogens with zero attached hydrogens (tertiary/aromatic N) is 4. The van der Waals surface area contributed by atoms with Crippen LogP contribution in [0.4, 0.5) is 10.1 Å². The van der Waals surface area contributed by atoms with Gasteiger partial charge in [0.2, 0.25) is 5.16 Å². The van der Waals surface area contributed by atoms with E-state index in [2.05, 4.69) is 20.4 Å². The van der Waals surface area contributed by atoms with Crippen molar-refractivity contribution in [2.24, 2.45) is 0 Å². The lowest BCUT2D eigenvalue weighted by atomic mass is 10.1. The highest BCUT2D eigenvalue weighted by atomic mass is 32.2. The number of carbonyl (C=O) groups is 1. The number of thioether (sulfide) groups is 1. The summed E-state index contributed by atoms with van der Waals surface area (Å²) >= 11 is 1.43. The topological polar surface area (TPSA) is 72.2 Å². The summed E-state index contributed by atoms with van der Waals surface area (Å²) in [6, 6.07) is 13.6. The van der Waals surface area contributed by atoms with Crippen molar-refractivity contribution in [2.75, 3.05) is 5.32 Å². The third-order valence-corrected chi connectivity index (χ3v) is 5.55. The molecule has 2 aromatic heterocycles. The third kappa shape index (κ3) is 4.18. The van der Waals surface area contributed by atoms with Crippen molar-refractivity contribution in [2.45, 2.75) is 31.7 Å². The first-order chi connectivity index (χ1) is 14.4. The first-order valence-electron chi connectivity index (χ1n) is 9.40. The molecule has 30 heavy (non-hydrogen) atoms. The van der Waals surface area contributed by atoms with Crippen molar-refractivity contribution in [1.82, 2.24) is 19.6 Å². The summed E-state index contributed by atoms with van der Waals surface area (Å²) in [6.07, 6.45) is 0. The average Bonchev–Trinajstić information content (AvgIpc) is 3.12. The van der Waals surface area contributed by atoms with Gasteiger partial charge in [0.05, 0.1) is 0 Å². The molecule has 0 atom stereocenters. The molecule has 0 bridgehead atoms. The summed E-state index contributed by atoms with van der Waals surface area (Å²) in [4.78, 5) is 21.7. The number of benzene rings is 2. The maximum atomic E-state index is 13.6. The highest BCUT2D eigenvalue weighted by Gasteiger charge is 2.15. The van der Waals surface area contributed by atoms with E-state index < -0.39 is 5.82 Å². The number of halogens is 1. The highest BCUT2D eigenvalue weighted by molar-refractivity contribution is 7.98. The SMILES string of the molecule is Cc1cc(C)n2nc(SCc3ccccc3C(=O)Nc3cc(F)ccc3C)nc2n1. The highest BCUT2D eigenvalue weighted by Crippen LogP contribution is 2.24. The molecule has 0 aliphatic carbocycles. The number of hydrogen-bond donors (Lipinski definition) is 1. The van der Waals surface area contributed by atoms with E-state index >= 15 is 0 Å². The molecule has 0 saturated carbocycles. The summed E-state index contributed by atoms with van der Waals surface area (Å²) in [5, 5.41) is 7.89. The number of anilines is 1. The smallest absolute Gasteiger partial charge is 0.255 e. The number of aryl methyl sites for hydroxylation is 3. The van der Waals surface area contributed by atoms with Gasteiger partial charge in [0.15, 0.2) is 0 Å². The number of rotatable bonds is 5. The zero-order valence-corrected chi connectivity index (χ0v) is 17.6. The van der Waals surface area contributed by atoms with E-state index in [0.717, 1.165) is 22.5 Å². The summed E-state index contributed by atoms with van der Waals surface area (Å²) in [6.45, 7) is 5.70. The molecule has 152 valence electrons. The standard InChI is InChI=1S/C22H20FN5OS/c1-13-8-9-17(23)11-19(13)25-20(29)18-7-5-4-6-16(18)12-30-22-26-21-24-14(2)10-15(3)28(21)27-22/h4-11H,12H2,1-3H3,(H,25,29). The number of carbonyl (C=O) groups excluding carboxylic acids is 1. The van der Waals surface area contributed by atoms with E-state index in [1.54, 1.807) is 22.7 Å². The third-order valence-electron chi connectivity index (χ3n) is 4.67. The van der Waals surface area contributed by atoms with Crippen LogP contribution in [0.1, 0.15) is 32.9 Å². The van der Waals surface area contributed by atoms with E-state index in [4.69, 9.17) is 0 Å². The van der Waals surface area contributed by atoms with Gasteiger partial charge in [0.1, 0.15) is 5.82 Å². The Morgan fingerprint density at radius 2 is 1.90 bits per heavy atom. The van der Waals surface area contributed by atoms with E-state index in [0.29, 0.717) is 27.9 Å². The average molecular weight is 422 g/mol. The Bertz CT molecular complexity index is 1250. The molecule has 0 aliphatic rings. The fourth-order valence-corrected chi connectivity index (χ4v) is 3.96. The molecule has 2 aromatic carbocycles. The van der Waals surface area contributed by atoms with Crippen LogP contribution in [0.5, 0.6) is 0 Å². The Morgan fingerprint density at radius 1 is 1.10 bits per heavy atom. The fraction of sp³-hybridized carbons (Fsp3) is 0.182. The van der Waals surface area contributed by atoms with Crippen LogP contribution in [0.25, 0.3) is 5.78 Å². The number of aromatic nitrogens is 4. The predicted octanol–water partition coefficient (Wildman–Crippen LogP) is 4.73. The minimum absolute atomic E-state index is 0.281. The van der Waals surface area contributed by atoms with E-state index in [-0.39, 0.29) is 5.91 Å². The van der Waals surface area contributed by atoms with E-state index in [1.807, 2.05) is 39.0 Å². The maximum Gasteiger partial charge on any atom is 0.255 e. The summed E-state index contributed by atoms with van der Waals surface area (Å²) in [5.41, 5.74) is 4.47. The van der Waals surface area contributed by atoms with Crippen molar-refractivity contribution in [3.05, 3.63) is 82.4 Å². The first-order valence-corrected chi connectivity index (χ1v) is 10.4. The Balaban J connectivity index is 1.54. The van der Waals surface area contributed by atoms with E-state index in [1.165, 1.54) is 23.9 Å². The Labute approximate surface area is 177 Å². The minimum Gasteiger partial charge on any atom is -0.322 e. The van der Waals surface area contributed by atoms with Gasteiger partial charge >= 0.3 is 0 Å². The molecule has 0 unspecified atom stereocenters. The molecule has 0 fully saturated rings. The van der Waals surface area contributed by atoms with Crippen LogP contribution in [0.3, 0.4) is 0 Å². The quantitative estimate of drug-likeness (QED) is 0.472. The van der Waals surface area contributed by atoms with E-state index in [9.17, 15) is 9.18 Å². The van der Waals surface area contributed by atoms with Crippen LogP contribution in [0.15, 0.2) is 53.7 Å². The van der Waals surface area contributed by atoms with Crippen LogP contribution in [-0.4, -0.2) is 25.5 Å². The summed E-state index contributed by atoms with van der Waals surface area (Å²) in [7, 11) is 0. The molecule has 2 heterocycles. The van der Waals surface area contributed by atoms with Crippen LogP contribution in [0, 0.1) is 26.6 Å². The lowest BCUT2D eigenvalue weighted by Gasteiger charge is -2.11. The monoisotopic (exact) mass is 421 g/mol. The van der Waals surface area contributed by atoms with Gasteiger partial charge in [0.25, 0.3) is 11.7 Å². The second-order valence-electron chi connectivity index (χ2n) is 7.00. The second kappa shape index (κ2) is 8.23. The predicted molar refractivity (Wildman–Crippen MR) is 115 cm³/mol. The molecular formula is C22H20FN5OS. The van der Waals surface area contributed by atoms with Crippen LogP contribution in [0.2, 0.25) is 0 Å². The van der Waals surface area contributed by atoms with Gasteiger partial charge in [-0.3, -0.25) is 4.79 Å². The first kappa shape index (κ1) is 20.0. The van der Waals surface area contributed by atoms with Crippen molar-refractivity contribution >= 4 is 29.1 Å². The van der Waals surface area contributed by atoms with Gasteiger partial charge in [-0.25, -0.2) is 13.9 Å². The van der Waals surface area contributed by atoms with Gasteiger partial charge in [-0.15, -0.1) is 5.10 Å². The van der Waals surface area contributed by atoms with Gasteiger partial charge in [-0.1, -0.05) is 36.0 Å². The number of fused-ring (bicyclic) bond motifs is 1. The molecule has 0 aliphatic heterocycles. The van der Waals surface area contributed by atoms with Gasteiger partial charge in [0, 0.05) is 28.4 Å². The Hall–Kier alpha value is -3.26. The molecule has 4 rings (SSSR count). The molecule has 0 radical (unpaired) electrons. The van der Waals surface area contributed by atoms with Gasteiger partial charge < -0.3 is 5.32 Å². The van der Waals surface area contributed by atoms with Gasteiger partial charge in [-0.05, 0) is 56.2 Å². The number of hydrogen-bond acceptors (Lipinski definition) is 5. The minimum atomic E-state index is -0.392. The molecule has 4 aromatic rings. The number of amides is 1. The Morgan fingerprint density at radius 3 is 2.73 bits per heavy atom. The lowest BCUT2D eigenvalue weighted by molar-refractivity contribution is 0.102. The molecule has 6 nitrogen and oxygen atoms in total. The van der Waals surface area contributed by atoms with Crippen LogP contribution >= 0.6 is 11.8 Å². The van der Waals surface area contributed by atoms with Crippen LogP contribution in [-0.2, 0) is 5.75 Å². The van der Waals surface area contributed by atoms with Crippen molar-refractivity contribution in [1.29, 1.82) is 0 Å². The normalized spacial score (nSPS) is 11.1. The maximum absolute atomic E-state index is 13.6. The fourth-order valence-electron chi connectivity index (χ4n) is 3.14. The van der Waals surface area contributed by atoms with Crippen molar-refractivity contribution in [3.63, 3.8) is 0 Å². The zero-order chi connectivity index (χ0) is 21.3. The van der Waals surface area contributed by atoms with Crippen molar-refractivity contribution in [3.8, 4) is 0 Å². The second-order valence-corrected chi connectivity index (χ2v) is 7.95. The molecule has 0 saturated heterocycles. The zero-order valence-electron chi connectivity index (χ0n) is 16.8. The lowest BCUT2D eigenvalue weighted by Crippen LogP contribution is -2.15. The molecular weight excluding hydrogens is 401 g/mol. The largest absolute Gasteiger partial charge is 0.322 e. The molecule has 1 amide bonds. The summed E-state index contributed by atoms with van der Waals surface area (Å²) < 4.78 is 15.3. The molecule has 8 heteroatoms. The van der Waals surface area contributed by atoms with Crippen molar-refractivity contribution < 1.29 is 9.18 Å². The number of nitrogens with one attached hydrogen (secondary N) is 1.